The number of sulfone groups is 1. The highest BCUT2D eigenvalue weighted by molar-refractivity contribution is 7.90. The van der Waals surface area contributed by atoms with Crippen molar-refractivity contribution in [3.63, 3.8) is 0 Å². The number of benzene rings is 1. The number of rotatable bonds is 8. The number of nitrogens with zero attached hydrogens (tertiary/aromatic N) is 2. The summed E-state index contributed by atoms with van der Waals surface area (Å²) in [6.45, 7) is 3.23. The Morgan fingerprint density at radius 1 is 1.24 bits per heavy atom. The summed E-state index contributed by atoms with van der Waals surface area (Å²) in [7, 11) is -3.20. The monoisotopic (exact) mass is 308 g/mol. The van der Waals surface area contributed by atoms with E-state index in [1.165, 1.54) is 0 Å². The van der Waals surface area contributed by atoms with E-state index in [1.54, 1.807) is 12.4 Å². The second-order valence-electron chi connectivity index (χ2n) is 4.75. The van der Waals surface area contributed by atoms with Gasteiger partial charge in [0.1, 0.15) is 11.6 Å². The molecule has 0 aliphatic rings. The largest absolute Gasteiger partial charge is 0.381 e. The van der Waals surface area contributed by atoms with Gasteiger partial charge in [0, 0.05) is 25.5 Å². The summed E-state index contributed by atoms with van der Waals surface area (Å²) in [6, 6.07) is 9.90. The molecule has 0 amide bonds. The molecule has 0 bridgehead atoms. The van der Waals surface area contributed by atoms with Crippen molar-refractivity contribution in [2.75, 3.05) is 19.0 Å². The third kappa shape index (κ3) is 4.99. The van der Waals surface area contributed by atoms with Crippen molar-refractivity contribution in [2.24, 2.45) is 0 Å². The molecule has 0 atom stereocenters. The van der Waals surface area contributed by atoms with Crippen LogP contribution in [0.15, 0.2) is 42.7 Å². The fraction of sp³-hybridized carbons (Fsp3) is 0.400. The molecule has 0 saturated heterocycles. The van der Waals surface area contributed by atoms with Crippen molar-refractivity contribution in [3.05, 3.63) is 54.1 Å². The molecular formula is C15H20N2O3S. The summed E-state index contributed by atoms with van der Waals surface area (Å²) in [5, 5.41) is 0. The Morgan fingerprint density at radius 3 is 2.71 bits per heavy atom. The maximum absolute atomic E-state index is 12.0. The molecule has 1 heterocycles. The van der Waals surface area contributed by atoms with Crippen molar-refractivity contribution in [1.29, 1.82) is 0 Å². The minimum atomic E-state index is -3.20. The lowest BCUT2D eigenvalue weighted by Crippen LogP contribution is -2.17. The van der Waals surface area contributed by atoms with Gasteiger partial charge in [-0.1, -0.05) is 30.3 Å². The van der Waals surface area contributed by atoms with Crippen LogP contribution in [0.1, 0.15) is 18.3 Å². The third-order valence-electron chi connectivity index (χ3n) is 3.09. The Kier molecular flexibility index (Phi) is 5.52. The molecule has 0 saturated carbocycles. The fourth-order valence-electron chi connectivity index (χ4n) is 2.00. The van der Waals surface area contributed by atoms with E-state index in [2.05, 4.69) is 4.98 Å². The van der Waals surface area contributed by atoms with Crippen molar-refractivity contribution in [3.8, 4) is 0 Å². The molecule has 21 heavy (non-hydrogen) atoms. The Bertz CT molecular complexity index is 651. The van der Waals surface area contributed by atoms with Crippen LogP contribution in [0.3, 0.4) is 0 Å². The molecule has 0 N–H and O–H groups in total. The first-order valence-corrected chi connectivity index (χ1v) is 8.75. The Labute approximate surface area is 125 Å². The van der Waals surface area contributed by atoms with Crippen LogP contribution in [-0.4, -0.2) is 36.9 Å². The standard InChI is InChI=1S/C15H20N2O3S/c1-2-20-10-11-21(18,19)13-15-16-8-9-17(15)12-14-6-4-3-5-7-14/h3-9H,2,10-13H2,1H3. The summed E-state index contributed by atoms with van der Waals surface area (Å²) < 4.78 is 31.1. The molecule has 1 aromatic heterocycles. The average Bonchev–Trinajstić information content (AvgIpc) is 2.86. The van der Waals surface area contributed by atoms with E-state index in [0.29, 0.717) is 19.0 Å². The van der Waals surface area contributed by atoms with E-state index in [9.17, 15) is 8.42 Å². The molecule has 0 aliphatic heterocycles. The first-order valence-electron chi connectivity index (χ1n) is 6.93. The lowest BCUT2D eigenvalue weighted by atomic mass is 10.2. The van der Waals surface area contributed by atoms with E-state index in [0.717, 1.165) is 5.56 Å². The zero-order valence-corrected chi connectivity index (χ0v) is 12.9. The van der Waals surface area contributed by atoms with Crippen LogP contribution in [-0.2, 0) is 26.9 Å². The maximum atomic E-state index is 12.0. The van der Waals surface area contributed by atoms with Crippen molar-refractivity contribution >= 4 is 9.84 Å². The van der Waals surface area contributed by atoms with E-state index in [-0.39, 0.29) is 18.1 Å². The zero-order valence-electron chi connectivity index (χ0n) is 12.1. The van der Waals surface area contributed by atoms with Gasteiger partial charge in [0.25, 0.3) is 0 Å². The molecule has 2 aromatic rings. The zero-order chi connectivity index (χ0) is 15.1. The number of hydrogen-bond donors (Lipinski definition) is 0. The van der Waals surface area contributed by atoms with Gasteiger partial charge in [0.2, 0.25) is 0 Å². The van der Waals surface area contributed by atoms with Crippen molar-refractivity contribution in [1.82, 2.24) is 9.55 Å². The van der Waals surface area contributed by atoms with Gasteiger partial charge in [-0.25, -0.2) is 13.4 Å². The molecule has 5 nitrogen and oxygen atoms in total. The second-order valence-corrected chi connectivity index (χ2v) is 6.93. The lowest BCUT2D eigenvalue weighted by molar-refractivity contribution is 0.163. The van der Waals surface area contributed by atoms with Gasteiger partial charge in [0.05, 0.1) is 12.4 Å². The summed E-state index contributed by atoms with van der Waals surface area (Å²) in [4.78, 5) is 4.17. The van der Waals surface area contributed by atoms with Gasteiger partial charge in [0.15, 0.2) is 9.84 Å². The first kappa shape index (κ1) is 15.7. The molecule has 0 spiro atoms. The van der Waals surface area contributed by atoms with Gasteiger partial charge in [-0.05, 0) is 12.5 Å². The van der Waals surface area contributed by atoms with E-state index in [1.807, 2.05) is 41.8 Å². The molecule has 2 rings (SSSR count). The van der Waals surface area contributed by atoms with Gasteiger partial charge in [-0.2, -0.15) is 0 Å². The minimum Gasteiger partial charge on any atom is -0.381 e. The van der Waals surface area contributed by atoms with Crippen LogP contribution in [0.4, 0.5) is 0 Å². The first-order chi connectivity index (χ1) is 10.1. The highest BCUT2D eigenvalue weighted by atomic mass is 32.2. The Balaban J connectivity index is 2.03. The average molecular weight is 308 g/mol. The quantitative estimate of drug-likeness (QED) is 0.699. The molecule has 0 fully saturated rings. The van der Waals surface area contributed by atoms with Gasteiger partial charge in [-0.3, -0.25) is 0 Å². The van der Waals surface area contributed by atoms with Crippen LogP contribution in [0, 0.1) is 0 Å². The van der Waals surface area contributed by atoms with E-state index < -0.39 is 9.84 Å². The maximum Gasteiger partial charge on any atom is 0.159 e. The number of ether oxygens (including phenoxy) is 1. The molecular weight excluding hydrogens is 288 g/mol. The van der Waals surface area contributed by atoms with Crippen LogP contribution < -0.4 is 0 Å². The van der Waals surface area contributed by atoms with Crippen LogP contribution >= 0.6 is 0 Å². The molecule has 0 radical (unpaired) electrons. The predicted octanol–water partition coefficient (Wildman–Crippen LogP) is 1.88. The summed E-state index contributed by atoms with van der Waals surface area (Å²) in [5.74, 6) is 0.536. The lowest BCUT2D eigenvalue weighted by Gasteiger charge is -2.09. The minimum absolute atomic E-state index is 0.0268. The van der Waals surface area contributed by atoms with Gasteiger partial charge < -0.3 is 9.30 Å². The number of imidazole rings is 1. The SMILES string of the molecule is CCOCCS(=O)(=O)Cc1nccn1Cc1ccccc1. The van der Waals surface area contributed by atoms with Crippen molar-refractivity contribution in [2.45, 2.75) is 19.2 Å². The number of hydrogen-bond acceptors (Lipinski definition) is 4. The summed E-state index contributed by atoms with van der Waals surface area (Å²) in [6.07, 6.45) is 3.44. The summed E-state index contributed by atoms with van der Waals surface area (Å²) in [5.41, 5.74) is 1.11. The van der Waals surface area contributed by atoms with Crippen LogP contribution in [0.25, 0.3) is 0 Å². The molecule has 1 aromatic carbocycles. The van der Waals surface area contributed by atoms with Crippen molar-refractivity contribution < 1.29 is 13.2 Å². The van der Waals surface area contributed by atoms with Gasteiger partial charge in [-0.15, -0.1) is 0 Å². The molecule has 114 valence electrons. The van der Waals surface area contributed by atoms with E-state index >= 15 is 0 Å². The molecule has 6 heteroatoms. The number of aromatic nitrogens is 2. The van der Waals surface area contributed by atoms with Gasteiger partial charge >= 0.3 is 0 Å². The summed E-state index contributed by atoms with van der Waals surface area (Å²) >= 11 is 0. The highest BCUT2D eigenvalue weighted by Gasteiger charge is 2.15. The molecule has 0 unspecified atom stereocenters. The van der Waals surface area contributed by atoms with Crippen LogP contribution in [0.5, 0.6) is 0 Å². The molecule has 0 aliphatic carbocycles. The third-order valence-corrected chi connectivity index (χ3v) is 4.58. The second kappa shape index (κ2) is 7.38. The smallest absolute Gasteiger partial charge is 0.159 e. The van der Waals surface area contributed by atoms with E-state index in [4.69, 9.17) is 4.74 Å². The van der Waals surface area contributed by atoms with Crippen LogP contribution in [0.2, 0.25) is 0 Å². The normalized spacial score (nSPS) is 11.7. The predicted molar refractivity (Wildman–Crippen MR) is 81.8 cm³/mol. The Morgan fingerprint density at radius 2 is 2.00 bits per heavy atom. The fourth-order valence-corrected chi connectivity index (χ4v) is 3.15. The topological polar surface area (TPSA) is 61.2 Å². The highest BCUT2D eigenvalue weighted by Crippen LogP contribution is 2.09. The Hall–Kier alpha value is -1.66.